The highest BCUT2D eigenvalue weighted by molar-refractivity contribution is 5.76. The molecule has 0 spiro atoms. The van der Waals surface area contributed by atoms with Gasteiger partial charge in [-0.05, 0) is 69.9 Å². The summed E-state index contributed by atoms with van der Waals surface area (Å²) < 4.78 is 2.41. The molecule has 0 amide bonds. The predicted molar refractivity (Wildman–Crippen MR) is 109 cm³/mol. The van der Waals surface area contributed by atoms with E-state index in [4.69, 9.17) is 4.98 Å². The molecule has 1 aliphatic heterocycles. The molecule has 0 aliphatic carbocycles. The van der Waals surface area contributed by atoms with Crippen LogP contribution in [-0.4, -0.2) is 34.1 Å². The molecule has 1 aromatic heterocycles. The third-order valence-electron chi connectivity index (χ3n) is 5.52. The Morgan fingerprint density at radius 3 is 2.50 bits per heavy atom. The van der Waals surface area contributed by atoms with Crippen LogP contribution in [0.2, 0.25) is 0 Å². The molecule has 0 unspecified atom stereocenters. The number of hydrogen-bond acceptors (Lipinski definition) is 2. The van der Waals surface area contributed by atoms with Gasteiger partial charge in [-0.15, -0.1) is 0 Å². The maximum atomic E-state index is 4.95. The van der Waals surface area contributed by atoms with Crippen LogP contribution in [0.4, 0.5) is 0 Å². The molecule has 0 radical (unpaired) electrons. The van der Waals surface area contributed by atoms with Crippen LogP contribution in [0.3, 0.4) is 0 Å². The molecule has 2 aromatic carbocycles. The monoisotopic (exact) mass is 347 g/mol. The van der Waals surface area contributed by atoms with Gasteiger partial charge in [0.1, 0.15) is 5.82 Å². The Hall–Kier alpha value is -2.13. The normalized spacial score (nSPS) is 15.1. The molecule has 3 nitrogen and oxygen atoms in total. The van der Waals surface area contributed by atoms with E-state index in [2.05, 4.69) is 64.9 Å². The van der Waals surface area contributed by atoms with Gasteiger partial charge in [0, 0.05) is 13.0 Å². The summed E-state index contributed by atoms with van der Waals surface area (Å²) in [5, 5.41) is 0. The van der Waals surface area contributed by atoms with E-state index >= 15 is 0 Å². The SMILES string of the molecule is Cc1ccc(Cn2c(CCCCN3CCCC3)nc3ccccc32)cc1. The molecule has 2 heterocycles. The number of aryl methyl sites for hydroxylation is 2. The van der Waals surface area contributed by atoms with Crippen molar-refractivity contribution >= 4 is 11.0 Å². The van der Waals surface area contributed by atoms with Gasteiger partial charge >= 0.3 is 0 Å². The van der Waals surface area contributed by atoms with Crippen molar-refractivity contribution in [2.75, 3.05) is 19.6 Å². The lowest BCUT2D eigenvalue weighted by molar-refractivity contribution is 0.329. The third kappa shape index (κ3) is 3.99. The fourth-order valence-corrected chi connectivity index (χ4v) is 3.99. The molecule has 0 bridgehead atoms. The number of aromatic nitrogens is 2. The standard InChI is InChI=1S/C23H29N3/c1-19-11-13-20(14-12-19)18-26-22-9-3-2-8-21(22)24-23(26)10-4-5-15-25-16-6-7-17-25/h2-3,8-9,11-14H,4-7,10,15-18H2,1H3. The topological polar surface area (TPSA) is 21.1 Å². The molecule has 0 N–H and O–H groups in total. The second-order valence-corrected chi connectivity index (χ2v) is 7.59. The maximum absolute atomic E-state index is 4.95. The summed E-state index contributed by atoms with van der Waals surface area (Å²) in [7, 11) is 0. The number of fused-ring (bicyclic) bond motifs is 1. The lowest BCUT2D eigenvalue weighted by atomic mass is 10.1. The van der Waals surface area contributed by atoms with Crippen molar-refractivity contribution in [3.63, 3.8) is 0 Å². The van der Waals surface area contributed by atoms with Crippen molar-refractivity contribution in [1.82, 2.24) is 14.5 Å². The summed E-state index contributed by atoms with van der Waals surface area (Å²) in [4.78, 5) is 7.55. The molecule has 1 saturated heterocycles. The molecular weight excluding hydrogens is 318 g/mol. The number of unbranched alkanes of at least 4 members (excludes halogenated alkanes) is 1. The Kier molecular flexibility index (Phi) is 5.35. The zero-order valence-corrected chi connectivity index (χ0v) is 15.8. The minimum atomic E-state index is 0.905. The van der Waals surface area contributed by atoms with Crippen LogP contribution in [0.15, 0.2) is 48.5 Å². The van der Waals surface area contributed by atoms with E-state index in [0.717, 1.165) is 18.5 Å². The highest BCUT2D eigenvalue weighted by Gasteiger charge is 2.13. The molecule has 136 valence electrons. The zero-order chi connectivity index (χ0) is 17.8. The molecule has 3 aromatic rings. The number of rotatable bonds is 7. The van der Waals surface area contributed by atoms with E-state index in [1.165, 1.54) is 67.8 Å². The molecular formula is C23H29N3. The number of nitrogens with zero attached hydrogens (tertiary/aromatic N) is 3. The van der Waals surface area contributed by atoms with E-state index in [1.807, 2.05) is 0 Å². The molecule has 0 atom stereocenters. The Labute approximate surface area is 156 Å². The van der Waals surface area contributed by atoms with E-state index < -0.39 is 0 Å². The van der Waals surface area contributed by atoms with Crippen LogP contribution in [0.5, 0.6) is 0 Å². The lowest BCUT2D eigenvalue weighted by Gasteiger charge is -2.14. The first kappa shape index (κ1) is 17.3. The highest BCUT2D eigenvalue weighted by atomic mass is 15.1. The minimum Gasteiger partial charge on any atom is -0.323 e. The summed E-state index contributed by atoms with van der Waals surface area (Å²) in [6, 6.07) is 17.4. The van der Waals surface area contributed by atoms with Crippen LogP contribution >= 0.6 is 0 Å². The number of para-hydroxylation sites is 2. The predicted octanol–water partition coefficient (Wildman–Crippen LogP) is 4.81. The Bertz CT molecular complexity index is 842. The summed E-state index contributed by atoms with van der Waals surface area (Å²) in [6.07, 6.45) is 6.31. The van der Waals surface area contributed by atoms with Gasteiger partial charge in [0.25, 0.3) is 0 Å². The average molecular weight is 348 g/mol. The van der Waals surface area contributed by atoms with Gasteiger partial charge in [0.15, 0.2) is 0 Å². The number of likely N-dealkylation sites (tertiary alicyclic amines) is 1. The maximum Gasteiger partial charge on any atom is 0.110 e. The van der Waals surface area contributed by atoms with Crippen molar-refractivity contribution in [2.24, 2.45) is 0 Å². The van der Waals surface area contributed by atoms with E-state index in [1.54, 1.807) is 0 Å². The summed E-state index contributed by atoms with van der Waals surface area (Å²) in [5.41, 5.74) is 5.03. The van der Waals surface area contributed by atoms with Gasteiger partial charge < -0.3 is 9.47 Å². The molecule has 0 saturated carbocycles. The van der Waals surface area contributed by atoms with Crippen LogP contribution in [-0.2, 0) is 13.0 Å². The smallest absolute Gasteiger partial charge is 0.110 e. The van der Waals surface area contributed by atoms with Gasteiger partial charge in [0.05, 0.1) is 11.0 Å². The number of benzene rings is 2. The molecule has 3 heteroatoms. The Balaban J connectivity index is 1.48. The first-order valence-corrected chi connectivity index (χ1v) is 10.0. The summed E-state index contributed by atoms with van der Waals surface area (Å²) in [6.45, 7) is 6.89. The van der Waals surface area contributed by atoms with E-state index in [-0.39, 0.29) is 0 Å². The zero-order valence-electron chi connectivity index (χ0n) is 15.8. The third-order valence-corrected chi connectivity index (χ3v) is 5.52. The first-order chi connectivity index (χ1) is 12.8. The highest BCUT2D eigenvalue weighted by Crippen LogP contribution is 2.20. The second-order valence-electron chi connectivity index (χ2n) is 7.59. The average Bonchev–Trinajstić information content (AvgIpc) is 3.29. The van der Waals surface area contributed by atoms with Crippen LogP contribution in [0.25, 0.3) is 11.0 Å². The molecule has 26 heavy (non-hydrogen) atoms. The summed E-state index contributed by atoms with van der Waals surface area (Å²) >= 11 is 0. The minimum absolute atomic E-state index is 0.905. The Morgan fingerprint density at radius 2 is 1.69 bits per heavy atom. The fourth-order valence-electron chi connectivity index (χ4n) is 3.99. The number of hydrogen-bond donors (Lipinski definition) is 0. The first-order valence-electron chi connectivity index (χ1n) is 10.0. The summed E-state index contributed by atoms with van der Waals surface area (Å²) in [5.74, 6) is 1.23. The van der Waals surface area contributed by atoms with Gasteiger partial charge in [-0.3, -0.25) is 0 Å². The van der Waals surface area contributed by atoms with Crippen molar-refractivity contribution in [3.05, 3.63) is 65.5 Å². The quantitative estimate of drug-likeness (QED) is 0.572. The van der Waals surface area contributed by atoms with Crippen molar-refractivity contribution in [3.8, 4) is 0 Å². The van der Waals surface area contributed by atoms with Gasteiger partial charge in [-0.2, -0.15) is 0 Å². The van der Waals surface area contributed by atoms with Crippen LogP contribution < -0.4 is 0 Å². The van der Waals surface area contributed by atoms with Gasteiger partial charge in [-0.1, -0.05) is 42.0 Å². The second kappa shape index (κ2) is 8.05. The van der Waals surface area contributed by atoms with Crippen molar-refractivity contribution < 1.29 is 0 Å². The molecule has 4 rings (SSSR count). The Morgan fingerprint density at radius 1 is 0.923 bits per heavy atom. The van der Waals surface area contributed by atoms with Gasteiger partial charge in [0.2, 0.25) is 0 Å². The van der Waals surface area contributed by atoms with Crippen molar-refractivity contribution in [1.29, 1.82) is 0 Å². The largest absolute Gasteiger partial charge is 0.323 e. The van der Waals surface area contributed by atoms with Crippen LogP contribution in [0.1, 0.15) is 42.6 Å². The van der Waals surface area contributed by atoms with Crippen LogP contribution in [0, 0.1) is 6.92 Å². The molecule has 1 aliphatic rings. The number of imidazole rings is 1. The van der Waals surface area contributed by atoms with Gasteiger partial charge in [-0.25, -0.2) is 4.98 Å². The van der Waals surface area contributed by atoms with Crippen molar-refractivity contribution in [2.45, 2.75) is 45.6 Å². The fraction of sp³-hybridized carbons (Fsp3) is 0.435. The lowest BCUT2D eigenvalue weighted by Crippen LogP contribution is -2.20. The van der Waals surface area contributed by atoms with E-state index in [0.29, 0.717) is 0 Å². The molecule has 1 fully saturated rings. The van der Waals surface area contributed by atoms with E-state index in [9.17, 15) is 0 Å².